The van der Waals surface area contributed by atoms with Crippen molar-refractivity contribution in [1.29, 1.82) is 0 Å². The molecule has 15 heavy (non-hydrogen) atoms. The molecular formula is C12H24OS2. The summed E-state index contributed by atoms with van der Waals surface area (Å²) in [5.74, 6) is 2.56. The molecule has 0 aromatic rings. The molecule has 0 unspecified atom stereocenters. The van der Waals surface area contributed by atoms with Crippen LogP contribution in [-0.2, 0) is 4.79 Å². The van der Waals surface area contributed by atoms with Crippen LogP contribution in [-0.4, -0.2) is 21.9 Å². The number of ketones is 1. The molecule has 0 amide bonds. The Morgan fingerprint density at radius 2 is 1.47 bits per heavy atom. The third-order valence-corrected chi connectivity index (χ3v) is 5.04. The van der Waals surface area contributed by atoms with E-state index in [1.807, 2.05) is 44.3 Å². The van der Waals surface area contributed by atoms with Crippen LogP contribution in [0.15, 0.2) is 0 Å². The first kappa shape index (κ1) is 15.4. The van der Waals surface area contributed by atoms with Crippen molar-refractivity contribution >= 4 is 29.3 Å². The molecule has 1 nitrogen and oxygen atoms in total. The van der Waals surface area contributed by atoms with Crippen LogP contribution in [0, 0.1) is 5.41 Å². The molecule has 90 valence electrons. The van der Waals surface area contributed by atoms with Crippen LogP contribution in [0.2, 0.25) is 0 Å². The van der Waals surface area contributed by atoms with Gasteiger partial charge < -0.3 is 0 Å². The monoisotopic (exact) mass is 248 g/mol. The summed E-state index contributed by atoms with van der Waals surface area (Å²) in [6.07, 6.45) is 2.29. The van der Waals surface area contributed by atoms with Gasteiger partial charge in [0.1, 0.15) is 4.58 Å². The largest absolute Gasteiger partial charge is 0.297 e. The van der Waals surface area contributed by atoms with Gasteiger partial charge in [-0.05, 0) is 24.3 Å². The molecule has 0 fully saturated rings. The van der Waals surface area contributed by atoms with Crippen molar-refractivity contribution in [1.82, 2.24) is 0 Å². The minimum Gasteiger partial charge on any atom is -0.297 e. The van der Waals surface area contributed by atoms with Crippen molar-refractivity contribution in [3.8, 4) is 0 Å². The number of hydrogen-bond donors (Lipinski definition) is 0. The van der Waals surface area contributed by atoms with Crippen molar-refractivity contribution in [2.24, 2.45) is 5.41 Å². The van der Waals surface area contributed by atoms with Gasteiger partial charge in [0.25, 0.3) is 0 Å². The lowest BCUT2D eigenvalue weighted by Gasteiger charge is -2.23. The Bertz CT molecular complexity index is 177. The SMILES string of the molecule is CCCSC(SCCC)C(=O)C(C)(C)C. The number of rotatable bonds is 7. The number of Topliss-reactive ketones (excluding diaryl/α,β-unsaturated/α-hetero) is 1. The zero-order valence-electron chi connectivity index (χ0n) is 10.6. The van der Waals surface area contributed by atoms with Crippen molar-refractivity contribution in [2.75, 3.05) is 11.5 Å². The van der Waals surface area contributed by atoms with Gasteiger partial charge in [-0.3, -0.25) is 4.79 Å². The average Bonchev–Trinajstić information content (AvgIpc) is 2.16. The lowest BCUT2D eigenvalue weighted by Crippen LogP contribution is -2.29. The average molecular weight is 248 g/mol. The molecule has 0 aliphatic carbocycles. The van der Waals surface area contributed by atoms with E-state index in [1.165, 1.54) is 0 Å². The minimum absolute atomic E-state index is 0.143. The van der Waals surface area contributed by atoms with E-state index in [0.717, 1.165) is 24.3 Å². The highest BCUT2D eigenvalue weighted by Gasteiger charge is 2.29. The van der Waals surface area contributed by atoms with E-state index in [4.69, 9.17) is 0 Å². The number of carbonyl (C=O) groups is 1. The Morgan fingerprint density at radius 3 is 1.73 bits per heavy atom. The minimum atomic E-state index is -0.202. The zero-order valence-corrected chi connectivity index (χ0v) is 12.3. The molecule has 0 saturated heterocycles. The fourth-order valence-corrected chi connectivity index (χ4v) is 3.87. The third-order valence-electron chi connectivity index (χ3n) is 1.90. The topological polar surface area (TPSA) is 17.1 Å². The fourth-order valence-electron chi connectivity index (χ4n) is 1.00. The highest BCUT2D eigenvalue weighted by molar-refractivity contribution is 8.18. The van der Waals surface area contributed by atoms with Gasteiger partial charge in [-0.25, -0.2) is 0 Å². The summed E-state index contributed by atoms with van der Waals surface area (Å²) in [7, 11) is 0. The van der Waals surface area contributed by atoms with Crippen LogP contribution in [0.4, 0.5) is 0 Å². The normalized spacial score (nSPS) is 12.1. The second-order valence-electron chi connectivity index (χ2n) is 4.69. The summed E-state index contributed by atoms with van der Waals surface area (Å²) >= 11 is 3.62. The van der Waals surface area contributed by atoms with Gasteiger partial charge >= 0.3 is 0 Å². The van der Waals surface area contributed by atoms with Crippen LogP contribution in [0.25, 0.3) is 0 Å². The highest BCUT2D eigenvalue weighted by Crippen LogP contribution is 2.32. The van der Waals surface area contributed by atoms with E-state index >= 15 is 0 Å². The molecule has 3 heteroatoms. The fraction of sp³-hybridized carbons (Fsp3) is 0.917. The summed E-state index contributed by atoms with van der Waals surface area (Å²) < 4.78 is 0.143. The summed E-state index contributed by atoms with van der Waals surface area (Å²) in [5.41, 5.74) is -0.202. The van der Waals surface area contributed by atoms with E-state index in [2.05, 4.69) is 13.8 Å². The van der Waals surface area contributed by atoms with E-state index in [1.54, 1.807) is 0 Å². The third kappa shape index (κ3) is 6.52. The van der Waals surface area contributed by atoms with E-state index < -0.39 is 0 Å². The van der Waals surface area contributed by atoms with Gasteiger partial charge in [0.15, 0.2) is 5.78 Å². The molecule has 0 heterocycles. The van der Waals surface area contributed by atoms with Crippen LogP contribution in [0.3, 0.4) is 0 Å². The van der Waals surface area contributed by atoms with E-state index in [0.29, 0.717) is 5.78 Å². The molecule has 0 aromatic carbocycles. The van der Waals surface area contributed by atoms with Crippen molar-refractivity contribution in [3.63, 3.8) is 0 Å². The van der Waals surface area contributed by atoms with Gasteiger partial charge in [-0.2, -0.15) is 0 Å². The predicted molar refractivity (Wildman–Crippen MR) is 73.7 cm³/mol. The molecule has 0 spiro atoms. The molecule has 0 aliphatic rings. The smallest absolute Gasteiger partial charge is 0.161 e. The zero-order chi connectivity index (χ0) is 11.9. The summed E-state index contributed by atoms with van der Waals surface area (Å²) in [5, 5.41) is 0. The molecule has 0 atom stereocenters. The summed E-state index contributed by atoms with van der Waals surface area (Å²) in [4.78, 5) is 12.1. The first-order valence-corrected chi connectivity index (χ1v) is 7.80. The Morgan fingerprint density at radius 1 is 1.07 bits per heavy atom. The quantitative estimate of drug-likeness (QED) is 0.628. The Labute approximate surface area is 103 Å². The Kier molecular flexibility index (Phi) is 7.80. The van der Waals surface area contributed by atoms with Gasteiger partial charge in [-0.15, -0.1) is 23.5 Å². The van der Waals surface area contributed by atoms with Gasteiger partial charge in [0, 0.05) is 5.41 Å². The number of thioether (sulfide) groups is 2. The maximum atomic E-state index is 12.1. The van der Waals surface area contributed by atoms with Crippen molar-refractivity contribution in [2.45, 2.75) is 52.0 Å². The number of hydrogen-bond acceptors (Lipinski definition) is 3. The first-order chi connectivity index (χ1) is 6.93. The lowest BCUT2D eigenvalue weighted by molar-refractivity contribution is -0.124. The predicted octanol–water partition coefficient (Wildman–Crippen LogP) is 4.21. The molecule has 0 saturated carbocycles. The molecular weight excluding hydrogens is 224 g/mol. The highest BCUT2D eigenvalue weighted by atomic mass is 32.2. The van der Waals surface area contributed by atoms with Crippen LogP contribution < -0.4 is 0 Å². The van der Waals surface area contributed by atoms with Crippen molar-refractivity contribution < 1.29 is 4.79 Å². The van der Waals surface area contributed by atoms with Crippen LogP contribution in [0.1, 0.15) is 47.5 Å². The molecule has 0 aliphatic heterocycles. The standard InChI is InChI=1S/C12H24OS2/c1-6-8-14-11(15-9-7-2)10(13)12(3,4)5/h11H,6-9H2,1-5H3. The molecule has 0 aromatic heterocycles. The maximum absolute atomic E-state index is 12.1. The number of carbonyl (C=O) groups excluding carboxylic acids is 1. The van der Waals surface area contributed by atoms with Crippen LogP contribution >= 0.6 is 23.5 Å². The molecule has 0 radical (unpaired) electrons. The second kappa shape index (κ2) is 7.61. The van der Waals surface area contributed by atoms with Crippen molar-refractivity contribution in [3.05, 3.63) is 0 Å². The summed E-state index contributed by atoms with van der Waals surface area (Å²) in [6, 6.07) is 0. The lowest BCUT2D eigenvalue weighted by atomic mass is 9.92. The van der Waals surface area contributed by atoms with Gasteiger partial charge in [-0.1, -0.05) is 34.6 Å². The van der Waals surface area contributed by atoms with E-state index in [-0.39, 0.29) is 10.00 Å². The molecule has 0 rings (SSSR count). The summed E-state index contributed by atoms with van der Waals surface area (Å²) in [6.45, 7) is 10.4. The first-order valence-electron chi connectivity index (χ1n) is 5.71. The molecule has 0 bridgehead atoms. The van der Waals surface area contributed by atoms with Gasteiger partial charge in [0.05, 0.1) is 0 Å². The maximum Gasteiger partial charge on any atom is 0.161 e. The Hall–Kier alpha value is 0.370. The van der Waals surface area contributed by atoms with E-state index in [9.17, 15) is 4.79 Å². The second-order valence-corrected chi connectivity index (χ2v) is 7.41. The van der Waals surface area contributed by atoms with Crippen LogP contribution in [0.5, 0.6) is 0 Å². The Balaban J connectivity index is 4.27. The molecule has 0 N–H and O–H groups in total. The van der Waals surface area contributed by atoms with Gasteiger partial charge in [0.2, 0.25) is 0 Å².